The number of nitrogens with one attached hydrogen (secondary N) is 1. The highest BCUT2D eigenvalue weighted by molar-refractivity contribution is 14.1. The molecule has 2 aromatic carbocycles. The molecule has 0 unspecified atom stereocenters. The second kappa shape index (κ2) is 5.54. The largest absolute Gasteiger partial charge is 0.381 e. The van der Waals surface area contributed by atoms with Crippen LogP contribution in [0.4, 0.5) is 5.69 Å². The summed E-state index contributed by atoms with van der Waals surface area (Å²) in [5.41, 5.74) is 5.27. The molecule has 1 nitrogen and oxygen atoms in total. The highest BCUT2D eigenvalue weighted by Gasteiger charge is 2.00. The number of halogens is 1. The minimum Gasteiger partial charge on any atom is -0.381 e. The van der Waals surface area contributed by atoms with Gasteiger partial charge in [0.25, 0.3) is 0 Å². The SMILES string of the molecule is Cc1cccc(CNc2ccc(I)cc2)c1C. The summed E-state index contributed by atoms with van der Waals surface area (Å²) in [4.78, 5) is 0. The Morgan fingerprint density at radius 1 is 1.00 bits per heavy atom. The standard InChI is InChI=1S/C15H16IN/c1-11-4-3-5-13(12(11)2)10-17-15-8-6-14(16)7-9-15/h3-9,17H,10H2,1-2H3. The Kier molecular flexibility index (Phi) is 4.05. The highest BCUT2D eigenvalue weighted by Crippen LogP contribution is 2.16. The van der Waals surface area contributed by atoms with E-state index < -0.39 is 0 Å². The Labute approximate surface area is 116 Å². The lowest BCUT2D eigenvalue weighted by Crippen LogP contribution is -2.02. The minimum atomic E-state index is 0.883. The molecule has 0 spiro atoms. The lowest BCUT2D eigenvalue weighted by molar-refractivity contribution is 1.10. The zero-order chi connectivity index (χ0) is 12.3. The summed E-state index contributed by atoms with van der Waals surface area (Å²) < 4.78 is 1.26. The first-order valence-electron chi connectivity index (χ1n) is 5.71. The Morgan fingerprint density at radius 3 is 2.41 bits per heavy atom. The third kappa shape index (κ3) is 3.22. The van der Waals surface area contributed by atoms with Gasteiger partial charge in [0.1, 0.15) is 0 Å². The predicted octanol–water partition coefficient (Wildman–Crippen LogP) is 4.52. The number of hydrogen-bond acceptors (Lipinski definition) is 1. The van der Waals surface area contributed by atoms with E-state index in [2.05, 4.69) is 84.2 Å². The van der Waals surface area contributed by atoms with Crippen LogP contribution in [-0.2, 0) is 6.54 Å². The average Bonchev–Trinajstić information content (AvgIpc) is 2.33. The summed E-state index contributed by atoms with van der Waals surface area (Å²) in [7, 11) is 0. The Hall–Kier alpha value is -1.03. The molecule has 0 heterocycles. The number of benzene rings is 2. The fourth-order valence-corrected chi connectivity index (χ4v) is 2.13. The van der Waals surface area contributed by atoms with E-state index in [1.54, 1.807) is 0 Å². The molecular formula is C15H16IN. The first-order valence-corrected chi connectivity index (χ1v) is 6.79. The molecular weight excluding hydrogens is 321 g/mol. The van der Waals surface area contributed by atoms with Crippen LogP contribution in [-0.4, -0.2) is 0 Å². The molecule has 2 heteroatoms. The van der Waals surface area contributed by atoms with Gasteiger partial charge in [0.05, 0.1) is 0 Å². The summed E-state index contributed by atoms with van der Waals surface area (Å²) in [6.07, 6.45) is 0. The smallest absolute Gasteiger partial charge is 0.0403 e. The number of hydrogen-bond donors (Lipinski definition) is 1. The maximum Gasteiger partial charge on any atom is 0.0403 e. The van der Waals surface area contributed by atoms with Gasteiger partial charge < -0.3 is 5.32 Å². The first kappa shape index (κ1) is 12.4. The molecule has 1 N–H and O–H groups in total. The van der Waals surface area contributed by atoms with Gasteiger partial charge in [0.2, 0.25) is 0 Å². The first-order chi connectivity index (χ1) is 8.16. The molecule has 0 aliphatic rings. The van der Waals surface area contributed by atoms with Crippen LogP contribution in [0, 0.1) is 17.4 Å². The average molecular weight is 337 g/mol. The van der Waals surface area contributed by atoms with Crippen molar-refractivity contribution in [2.45, 2.75) is 20.4 Å². The van der Waals surface area contributed by atoms with E-state index in [9.17, 15) is 0 Å². The topological polar surface area (TPSA) is 12.0 Å². The lowest BCUT2D eigenvalue weighted by Gasteiger charge is -2.10. The zero-order valence-corrected chi connectivity index (χ0v) is 12.3. The van der Waals surface area contributed by atoms with Crippen LogP contribution in [0.3, 0.4) is 0 Å². The molecule has 0 amide bonds. The summed E-state index contributed by atoms with van der Waals surface area (Å²) in [6.45, 7) is 5.22. The normalized spacial score (nSPS) is 10.3. The number of aryl methyl sites for hydroxylation is 1. The third-order valence-electron chi connectivity index (χ3n) is 3.04. The molecule has 0 bridgehead atoms. The molecule has 17 heavy (non-hydrogen) atoms. The van der Waals surface area contributed by atoms with Crippen LogP contribution in [0.2, 0.25) is 0 Å². The summed E-state index contributed by atoms with van der Waals surface area (Å²) >= 11 is 2.32. The van der Waals surface area contributed by atoms with Gasteiger partial charge in [-0.25, -0.2) is 0 Å². The molecule has 0 aliphatic heterocycles. The molecule has 2 rings (SSSR count). The summed E-state index contributed by atoms with van der Waals surface area (Å²) in [6, 6.07) is 14.9. The third-order valence-corrected chi connectivity index (χ3v) is 3.76. The van der Waals surface area contributed by atoms with Crippen molar-refractivity contribution in [3.63, 3.8) is 0 Å². The van der Waals surface area contributed by atoms with E-state index in [1.807, 2.05) is 0 Å². The predicted molar refractivity (Wildman–Crippen MR) is 82.4 cm³/mol. The van der Waals surface area contributed by atoms with Gasteiger partial charge in [-0.3, -0.25) is 0 Å². The summed E-state index contributed by atoms with van der Waals surface area (Å²) in [5, 5.41) is 3.45. The van der Waals surface area contributed by atoms with E-state index in [-0.39, 0.29) is 0 Å². The molecule has 0 aromatic heterocycles. The molecule has 88 valence electrons. The minimum absolute atomic E-state index is 0.883. The highest BCUT2D eigenvalue weighted by atomic mass is 127. The van der Waals surface area contributed by atoms with Crippen molar-refractivity contribution in [1.82, 2.24) is 0 Å². The van der Waals surface area contributed by atoms with Crippen LogP contribution in [0.15, 0.2) is 42.5 Å². The molecule has 2 aromatic rings. The van der Waals surface area contributed by atoms with Crippen molar-refractivity contribution >= 4 is 28.3 Å². The van der Waals surface area contributed by atoms with Gasteiger partial charge in [-0.1, -0.05) is 18.2 Å². The number of anilines is 1. The van der Waals surface area contributed by atoms with Gasteiger partial charge in [-0.05, 0) is 77.4 Å². The van der Waals surface area contributed by atoms with Gasteiger partial charge in [-0.15, -0.1) is 0 Å². The van der Waals surface area contributed by atoms with E-state index >= 15 is 0 Å². The van der Waals surface area contributed by atoms with Crippen molar-refractivity contribution in [2.75, 3.05) is 5.32 Å². The molecule has 0 saturated heterocycles. The maximum absolute atomic E-state index is 3.45. The van der Waals surface area contributed by atoms with Gasteiger partial charge in [0, 0.05) is 15.8 Å². The fraction of sp³-hybridized carbons (Fsp3) is 0.200. The van der Waals surface area contributed by atoms with E-state index in [0.717, 1.165) is 6.54 Å². The van der Waals surface area contributed by atoms with Crippen LogP contribution >= 0.6 is 22.6 Å². The van der Waals surface area contributed by atoms with Crippen molar-refractivity contribution in [3.05, 3.63) is 62.7 Å². The number of rotatable bonds is 3. The Balaban J connectivity index is 2.07. The molecule has 0 atom stereocenters. The van der Waals surface area contributed by atoms with Crippen molar-refractivity contribution in [2.24, 2.45) is 0 Å². The van der Waals surface area contributed by atoms with E-state index in [4.69, 9.17) is 0 Å². The molecule has 0 radical (unpaired) electrons. The van der Waals surface area contributed by atoms with Crippen molar-refractivity contribution in [3.8, 4) is 0 Å². The van der Waals surface area contributed by atoms with Crippen molar-refractivity contribution in [1.29, 1.82) is 0 Å². The van der Waals surface area contributed by atoms with Gasteiger partial charge in [0.15, 0.2) is 0 Å². The van der Waals surface area contributed by atoms with Crippen LogP contribution < -0.4 is 5.32 Å². The monoisotopic (exact) mass is 337 g/mol. The Bertz CT molecular complexity index is 503. The second-order valence-corrected chi connectivity index (χ2v) is 5.47. The Morgan fingerprint density at radius 2 is 1.71 bits per heavy atom. The van der Waals surface area contributed by atoms with Crippen LogP contribution in [0.25, 0.3) is 0 Å². The molecule has 0 aliphatic carbocycles. The van der Waals surface area contributed by atoms with Gasteiger partial charge >= 0.3 is 0 Å². The second-order valence-electron chi connectivity index (χ2n) is 4.22. The van der Waals surface area contributed by atoms with Crippen molar-refractivity contribution < 1.29 is 0 Å². The van der Waals surface area contributed by atoms with Crippen LogP contribution in [0.5, 0.6) is 0 Å². The lowest BCUT2D eigenvalue weighted by atomic mass is 10.0. The molecule has 0 fully saturated rings. The molecule has 0 saturated carbocycles. The van der Waals surface area contributed by atoms with E-state index in [0.29, 0.717) is 0 Å². The summed E-state index contributed by atoms with van der Waals surface area (Å²) in [5.74, 6) is 0. The van der Waals surface area contributed by atoms with E-state index in [1.165, 1.54) is 25.9 Å². The fourth-order valence-electron chi connectivity index (χ4n) is 1.77. The quantitative estimate of drug-likeness (QED) is 0.812. The van der Waals surface area contributed by atoms with Crippen LogP contribution in [0.1, 0.15) is 16.7 Å². The zero-order valence-electron chi connectivity index (χ0n) is 10.1. The van der Waals surface area contributed by atoms with Gasteiger partial charge in [-0.2, -0.15) is 0 Å². The maximum atomic E-state index is 3.45.